The quantitative estimate of drug-likeness (QED) is 0.703. The van der Waals surface area contributed by atoms with E-state index in [4.69, 9.17) is 9.47 Å². The fourth-order valence-electron chi connectivity index (χ4n) is 2.09. The van der Waals surface area contributed by atoms with Gasteiger partial charge in [0.2, 0.25) is 0 Å². The Morgan fingerprint density at radius 3 is 2.71 bits per heavy atom. The molecule has 0 aromatic heterocycles. The molecule has 0 bridgehead atoms. The highest BCUT2D eigenvalue weighted by Gasteiger charge is 2.33. The molecule has 0 aliphatic carbocycles. The zero-order valence-corrected chi connectivity index (χ0v) is 11.0. The maximum Gasteiger partial charge on any atom is 0.119 e. The molecule has 1 saturated heterocycles. The van der Waals surface area contributed by atoms with Crippen molar-refractivity contribution in [3.8, 4) is 5.75 Å². The normalized spacial score (nSPS) is 22.5. The Balaban J connectivity index is 1.89. The minimum absolute atomic E-state index is 0.475. The number of hydrogen-bond donors (Lipinski definition) is 0. The van der Waals surface area contributed by atoms with E-state index in [2.05, 4.69) is 39.0 Å². The van der Waals surface area contributed by atoms with E-state index in [0.29, 0.717) is 12.2 Å². The van der Waals surface area contributed by atoms with Crippen LogP contribution in [0.3, 0.4) is 0 Å². The van der Waals surface area contributed by atoms with Crippen LogP contribution in [-0.2, 0) is 11.2 Å². The van der Waals surface area contributed by atoms with Crippen LogP contribution < -0.4 is 4.74 Å². The number of ether oxygens (including phenoxy) is 2. The summed E-state index contributed by atoms with van der Waals surface area (Å²) in [6, 6.07) is 6.41. The number of aryl methyl sites for hydroxylation is 2. The molecule has 2 nitrogen and oxygen atoms in total. The molecular formula is C15H22O2. The molecule has 0 spiro atoms. The summed E-state index contributed by atoms with van der Waals surface area (Å²) in [7, 11) is 0. The van der Waals surface area contributed by atoms with Crippen molar-refractivity contribution in [2.24, 2.45) is 0 Å². The van der Waals surface area contributed by atoms with E-state index in [1.165, 1.54) is 11.1 Å². The van der Waals surface area contributed by atoms with Crippen LogP contribution in [0.25, 0.3) is 0 Å². The van der Waals surface area contributed by atoms with Crippen molar-refractivity contribution in [2.45, 2.75) is 52.2 Å². The summed E-state index contributed by atoms with van der Waals surface area (Å²) in [5, 5.41) is 0. The molecule has 2 rings (SSSR count). The van der Waals surface area contributed by atoms with Crippen LogP contribution in [0.2, 0.25) is 0 Å². The van der Waals surface area contributed by atoms with Crippen LogP contribution in [0.4, 0.5) is 0 Å². The smallest absolute Gasteiger partial charge is 0.119 e. The summed E-state index contributed by atoms with van der Waals surface area (Å²) in [6.45, 7) is 7.22. The van der Waals surface area contributed by atoms with Gasteiger partial charge < -0.3 is 9.47 Å². The lowest BCUT2D eigenvalue weighted by Crippen LogP contribution is -1.98. The topological polar surface area (TPSA) is 21.8 Å². The van der Waals surface area contributed by atoms with E-state index < -0.39 is 0 Å². The molecule has 17 heavy (non-hydrogen) atoms. The average Bonchev–Trinajstić information content (AvgIpc) is 3.01. The van der Waals surface area contributed by atoms with Gasteiger partial charge in [0.05, 0.1) is 18.8 Å². The van der Waals surface area contributed by atoms with Gasteiger partial charge in [-0.3, -0.25) is 0 Å². The van der Waals surface area contributed by atoms with Crippen molar-refractivity contribution in [1.29, 1.82) is 0 Å². The molecule has 2 heteroatoms. The second-order valence-corrected chi connectivity index (χ2v) is 4.86. The van der Waals surface area contributed by atoms with Crippen molar-refractivity contribution in [2.75, 3.05) is 6.61 Å². The Kier molecular flexibility index (Phi) is 4.06. The molecule has 1 fully saturated rings. The molecule has 94 valence electrons. The minimum atomic E-state index is 0.475. The Hall–Kier alpha value is -1.02. The SMILES string of the molecule is CCCOc1ccc(CCC2OC2C)c(C)c1. The molecule has 1 heterocycles. The summed E-state index contributed by atoms with van der Waals surface area (Å²) in [4.78, 5) is 0. The van der Waals surface area contributed by atoms with E-state index in [-0.39, 0.29) is 0 Å². The largest absolute Gasteiger partial charge is 0.494 e. The minimum Gasteiger partial charge on any atom is -0.494 e. The second-order valence-electron chi connectivity index (χ2n) is 4.86. The van der Waals surface area contributed by atoms with Crippen LogP contribution in [0.1, 0.15) is 37.8 Å². The molecule has 0 saturated carbocycles. The van der Waals surface area contributed by atoms with Gasteiger partial charge in [0.1, 0.15) is 5.75 Å². The van der Waals surface area contributed by atoms with Gasteiger partial charge in [-0.2, -0.15) is 0 Å². The van der Waals surface area contributed by atoms with Gasteiger partial charge in [0.15, 0.2) is 0 Å². The lowest BCUT2D eigenvalue weighted by molar-refractivity contribution is 0.317. The Bertz CT molecular complexity index is 373. The average molecular weight is 234 g/mol. The van der Waals surface area contributed by atoms with Crippen molar-refractivity contribution in [1.82, 2.24) is 0 Å². The molecule has 0 N–H and O–H groups in total. The summed E-state index contributed by atoms with van der Waals surface area (Å²) < 4.78 is 11.1. The molecule has 1 aliphatic heterocycles. The third-order valence-electron chi connectivity index (χ3n) is 3.32. The van der Waals surface area contributed by atoms with E-state index in [1.807, 2.05) is 0 Å². The number of benzene rings is 1. The number of hydrogen-bond acceptors (Lipinski definition) is 2. The first-order valence-corrected chi connectivity index (χ1v) is 6.58. The third-order valence-corrected chi connectivity index (χ3v) is 3.32. The Labute approximate surface area is 104 Å². The zero-order chi connectivity index (χ0) is 12.3. The fourth-order valence-corrected chi connectivity index (χ4v) is 2.09. The predicted molar refractivity (Wildman–Crippen MR) is 69.6 cm³/mol. The van der Waals surface area contributed by atoms with E-state index in [9.17, 15) is 0 Å². The molecule has 1 aromatic carbocycles. The molecule has 1 aliphatic rings. The van der Waals surface area contributed by atoms with Crippen LogP contribution in [0.5, 0.6) is 5.75 Å². The van der Waals surface area contributed by atoms with E-state index in [1.54, 1.807) is 0 Å². The highest BCUT2D eigenvalue weighted by Crippen LogP contribution is 2.27. The first-order chi connectivity index (χ1) is 8.20. The Morgan fingerprint density at radius 2 is 2.12 bits per heavy atom. The molecule has 2 unspecified atom stereocenters. The monoisotopic (exact) mass is 234 g/mol. The van der Waals surface area contributed by atoms with Crippen molar-refractivity contribution in [3.63, 3.8) is 0 Å². The number of epoxide rings is 1. The van der Waals surface area contributed by atoms with Gasteiger partial charge in [0, 0.05) is 0 Å². The van der Waals surface area contributed by atoms with Crippen LogP contribution in [0, 0.1) is 6.92 Å². The standard InChI is InChI=1S/C15H22O2/c1-4-9-16-14-7-5-13(11(2)10-14)6-8-15-12(3)17-15/h5,7,10,12,15H,4,6,8-9H2,1-3H3. The summed E-state index contributed by atoms with van der Waals surface area (Å²) in [6.07, 6.45) is 4.26. The highest BCUT2D eigenvalue weighted by atomic mass is 16.6. The predicted octanol–water partition coefficient (Wildman–Crippen LogP) is 3.50. The molecular weight excluding hydrogens is 212 g/mol. The van der Waals surface area contributed by atoms with Crippen LogP contribution in [0.15, 0.2) is 18.2 Å². The number of rotatable bonds is 6. The van der Waals surface area contributed by atoms with Crippen molar-refractivity contribution < 1.29 is 9.47 Å². The first-order valence-electron chi connectivity index (χ1n) is 6.58. The summed E-state index contributed by atoms with van der Waals surface area (Å²) >= 11 is 0. The van der Waals surface area contributed by atoms with Gasteiger partial charge in [-0.25, -0.2) is 0 Å². The van der Waals surface area contributed by atoms with Gasteiger partial charge in [-0.15, -0.1) is 0 Å². The molecule has 0 radical (unpaired) electrons. The van der Waals surface area contributed by atoms with Crippen molar-refractivity contribution >= 4 is 0 Å². The van der Waals surface area contributed by atoms with Gasteiger partial charge in [-0.1, -0.05) is 13.0 Å². The molecule has 2 atom stereocenters. The lowest BCUT2D eigenvalue weighted by Gasteiger charge is -2.09. The van der Waals surface area contributed by atoms with E-state index >= 15 is 0 Å². The third kappa shape index (κ3) is 3.47. The first kappa shape index (κ1) is 12.4. The van der Waals surface area contributed by atoms with Gasteiger partial charge in [-0.05, 0) is 56.4 Å². The molecule has 0 amide bonds. The highest BCUT2D eigenvalue weighted by molar-refractivity contribution is 5.35. The van der Waals surface area contributed by atoms with Gasteiger partial charge in [0.25, 0.3) is 0 Å². The fraction of sp³-hybridized carbons (Fsp3) is 0.600. The Morgan fingerprint density at radius 1 is 1.35 bits per heavy atom. The maximum absolute atomic E-state index is 5.62. The lowest BCUT2D eigenvalue weighted by atomic mass is 10.0. The second kappa shape index (κ2) is 5.54. The maximum atomic E-state index is 5.62. The van der Waals surface area contributed by atoms with Gasteiger partial charge >= 0.3 is 0 Å². The zero-order valence-electron chi connectivity index (χ0n) is 11.0. The molecule has 1 aromatic rings. The van der Waals surface area contributed by atoms with Crippen LogP contribution >= 0.6 is 0 Å². The van der Waals surface area contributed by atoms with Crippen molar-refractivity contribution in [3.05, 3.63) is 29.3 Å². The summed E-state index contributed by atoms with van der Waals surface area (Å²) in [5.41, 5.74) is 2.74. The van der Waals surface area contributed by atoms with Crippen LogP contribution in [-0.4, -0.2) is 18.8 Å². The van der Waals surface area contributed by atoms with E-state index in [0.717, 1.165) is 31.6 Å². The summed E-state index contributed by atoms with van der Waals surface area (Å²) in [5.74, 6) is 0.990.